The zero-order chi connectivity index (χ0) is 13.1. The van der Waals surface area contributed by atoms with Gasteiger partial charge in [0.05, 0.1) is 6.10 Å². The molecular formula is C15H26N2O2. The molecule has 0 aromatic rings. The number of hydrogen-bond donors (Lipinski definition) is 1. The zero-order valence-corrected chi connectivity index (χ0v) is 11.8. The third-order valence-electron chi connectivity index (χ3n) is 4.59. The SMILES string of the molecule is O=C(CCC1CCCO1)N(CC1CCCN1)C1CC1. The van der Waals surface area contributed by atoms with E-state index < -0.39 is 0 Å². The number of nitrogens with zero attached hydrogens (tertiary/aromatic N) is 1. The fourth-order valence-electron chi connectivity index (χ4n) is 3.29. The monoisotopic (exact) mass is 266 g/mol. The molecule has 2 atom stereocenters. The second-order valence-corrected chi connectivity index (χ2v) is 6.24. The van der Waals surface area contributed by atoms with E-state index in [1.54, 1.807) is 0 Å². The van der Waals surface area contributed by atoms with Gasteiger partial charge in [-0.2, -0.15) is 0 Å². The predicted octanol–water partition coefficient (Wildman–Crippen LogP) is 1.69. The molecule has 2 unspecified atom stereocenters. The van der Waals surface area contributed by atoms with Gasteiger partial charge in [-0.15, -0.1) is 0 Å². The molecule has 0 aromatic carbocycles. The fourth-order valence-corrected chi connectivity index (χ4v) is 3.29. The summed E-state index contributed by atoms with van der Waals surface area (Å²) in [6, 6.07) is 1.08. The molecule has 4 nitrogen and oxygen atoms in total. The number of nitrogens with one attached hydrogen (secondary N) is 1. The molecule has 3 fully saturated rings. The maximum atomic E-state index is 12.4. The molecule has 19 heavy (non-hydrogen) atoms. The quantitative estimate of drug-likeness (QED) is 0.795. The van der Waals surface area contributed by atoms with Crippen molar-refractivity contribution in [2.75, 3.05) is 19.7 Å². The van der Waals surface area contributed by atoms with Gasteiger partial charge in [-0.1, -0.05) is 0 Å². The van der Waals surface area contributed by atoms with Crippen LogP contribution in [0.3, 0.4) is 0 Å². The number of hydrogen-bond acceptors (Lipinski definition) is 3. The van der Waals surface area contributed by atoms with Crippen LogP contribution >= 0.6 is 0 Å². The summed E-state index contributed by atoms with van der Waals surface area (Å²) in [6.45, 7) is 2.93. The number of amides is 1. The fraction of sp³-hybridized carbons (Fsp3) is 0.933. The van der Waals surface area contributed by atoms with Crippen LogP contribution in [0.2, 0.25) is 0 Å². The number of carbonyl (C=O) groups is 1. The topological polar surface area (TPSA) is 41.6 Å². The van der Waals surface area contributed by atoms with Gasteiger partial charge in [0.15, 0.2) is 0 Å². The Morgan fingerprint density at radius 2 is 2.11 bits per heavy atom. The van der Waals surface area contributed by atoms with E-state index in [-0.39, 0.29) is 0 Å². The van der Waals surface area contributed by atoms with E-state index in [4.69, 9.17) is 4.74 Å². The summed E-state index contributed by atoms with van der Waals surface area (Å²) in [5.74, 6) is 0.353. The van der Waals surface area contributed by atoms with Crippen molar-refractivity contribution in [3.8, 4) is 0 Å². The first-order valence-corrected chi connectivity index (χ1v) is 7.97. The van der Waals surface area contributed by atoms with Gasteiger partial charge < -0.3 is 15.0 Å². The van der Waals surface area contributed by atoms with Crippen LogP contribution < -0.4 is 5.32 Å². The van der Waals surface area contributed by atoms with Crippen molar-refractivity contribution in [2.45, 2.75) is 69.6 Å². The van der Waals surface area contributed by atoms with E-state index in [1.165, 1.54) is 25.7 Å². The second-order valence-electron chi connectivity index (χ2n) is 6.24. The highest BCUT2D eigenvalue weighted by Gasteiger charge is 2.34. The van der Waals surface area contributed by atoms with Gasteiger partial charge in [0.25, 0.3) is 0 Å². The molecule has 0 spiro atoms. The molecule has 3 rings (SSSR count). The van der Waals surface area contributed by atoms with Crippen LogP contribution in [0.4, 0.5) is 0 Å². The summed E-state index contributed by atoms with van der Waals surface area (Å²) < 4.78 is 5.61. The molecule has 0 bridgehead atoms. The number of ether oxygens (including phenoxy) is 1. The molecule has 1 N–H and O–H groups in total. The molecule has 0 radical (unpaired) electrons. The lowest BCUT2D eigenvalue weighted by Gasteiger charge is -2.26. The van der Waals surface area contributed by atoms with Gasteiger partial charge in [-0.05, 0) is 51.5 Å². The first kappa shape index (κ1) is 13.4. The molecule has 4 heteroatoms. The lowest BCUT2D eigenvalue weighted by atomic mass is 10.1. The Bertz CT molecular complexity index is 305. The minimum Gasteiger partial charge on any atom is -0.378 e. The number of carbonyl (C=O) groups excluding carboxylic acids is 1. The van der Waals surface area contributed by atoms with E-state index in [0.29, 0.717) is 30.5 Å². The van der Waals surface area contributed by atoms with Crippen LogP contribution in [0.5, 0.6) is 0 Å². The highest BCUT2D eigenvalue weighted by molar-refractivity contribution is 5.77. The standard InChI is InChI=1S/C15H26N2O2/c18-15(8-7-14-4-2-10-19-14)17(13-5-6-13)11-12-3-1-9-16-12/h12-14,16H,1-11H2. The molecule has 1 aliphatic carbocycles. The first-order valence-electron chi connectivity index (χ1n) is 7.97. The third kappa shape index (κ3) is 3.69. The highest BCUT2D eigenvalue weighted by Crippen LogP contribution is 2.29. The first-order chi connectivity index (χ1) is 9.33. The summed E-state index contributed by atoms with van der Waals surface area (Å²) >= 11 is 0. The van der Waals surface area contributed by atoms with Gasteiger partial charge in [0.2, 0.25) is 5.91 Å². The Labute approximate surface area is 115 Å². The van der Waals surface area contributed by atoms with Crippen LogP contribution in [0.25, 0.3) is 0 Å². The van der Waals surface area contributed by atoms with Gasteiger partial charge in [-0.25, -0.2) is 0 Å². The van der Waals surface area contributed by atoms with E-state index in [2.05, 4.69) is 10.2 Å². The summed E-state index contributed by atoms with van der Waals surface area (Å²) in [5.41, 5.74) is 0. The van der Waals surface area contributed by atoms with Crippen molar-refractivity contribution in [2.24, 2.45) is 0 Å². The summed E-state index contributed by atoms with van der Waals surface area (Å²) in [4.78, 5) is 14.6. The summed E-state index contributed by atoms with van der Waals surface area (Å²) in [6.07, 6.45) is 9.13. The second kappa shape index (κ2) is 6.23. The Balaban J connectivity index is 1.46. The van der Waals surface area contributed by atoms with Gasteiger partial charge >= 0.3 is 0 Å². The smallest absolute Gasteiger partial charge is 0.222 e. The Morgan fingerprint density at radius 1 is 1.21 bits per heavy atom. The highest BCUT2D eigenvalue weighted by atomic mass is 16.5. The van der Waals surface area contributed by atoms with E-state index in [1.807, 2.05) is 0 Å². The third-order valence-corrected chi connectivity index (χ3v) is 4.59. The molecular weight excluding hydrogens is 240 g/mol. The summed E-state index contributed by atoms with van der Waals surface area (Å²) in [7, 11) is 0. The van der Waals surface area contributed by atoms with Crippen molar-refractivity contribution >= 4 is 5.91 Å². The molecule has 2 heterocycles. The Hall–Kier alpha value is -0.610. The van der Waals surface area contributed by atoms with Crippen molar-refractivity contribution in [1.82, 2.24) is 10.2 Å². The van der Waals surface area contributed by atoms with Crippen LogP contribution in [-0.2, 0) is 9.53 Å². The van der Waals surface area contributed by atoms with Crippen molar-refractivity contribution in [3.05, 3.63) is 0 Å². The van der Waals surface area contributed by atoms with Gasteiger partial charge in [0.1, 0.15) is 0 Å². The Kier molecular flexibility index (Phi) is 4.38. The molecule has 1 saturated carbocycles. The molecule has 1 amide bonds. The Morgan fingerprint density at radius 3 is 2.74 bits per heavy atom. The molecule has 3 aliphatic rings. The maximum Gasteiger partial charge on any atom is 0.222 e. The molecule has 108 valence electrons. The van der Waals surface area contributed by atoms with E-state index in [0.717, 1.165) is 39.0 Å². The largest absolute Gasteiger partial charge is 0.378 e. The van der Waals surface area contributed by atoms with Crippen LogP contribution in [-0.4, -0.2) is 48.7 Å². The minimum atomic E-state index is 0.342. The van der Waals surface area contributed by atoms with Crippen LogP contribution in [0.15, 0.2) is 0 Å². The van der Waals surface area contributed by atoms with E-state index >= 15 is 0 Å². The van der Waals surface area contributed by atoms with Gasteiger partial charge in [-0.3, -0.25) is 4.79 Å². The lowest BCUT2D eigenvalue weighted by molar-refractivity contribution is -0.132. The van der Waals surface area contributed by atoms with E-state index in [9.17, 15) is 4.79 Å². The summed E-state index contributed by atoms with van der Waals surface area (Å²) in [5, 5.41) is 3.50. The zero-order valence-electron chi connectivity index (χ0n) is 11.8. The van der Waals surface area contributed by atoms with Crippen molar-refractivity contribution < 1.29 is 9.53 Å². The van der Waals surface area contributed by atoms with Gasteiger partial charge in [0, 0.05) is 31.7 Å². The average Bonchev–Trinajstić information content (AvgIpc) is 2.94. The predicted molar refractivity (Wildman–Crippen MR) is 74.0 cm³/mol. The van der Waals surface area contributed by atoms with Crippen LogP contribution in [0.1, 0.15) is 51.4 Å². The lowest BCUT2D eigenvalue weighted by Crippen LogP contribution is -2.42. The number of rotatable bonds is 6. The molecule has 2 saturated heterocycles. The van der Waals surface area contributed by atoms with Crippen molar-refractivity contribution in [1.29, 1.82) is 0 Å². The van der Waals surface area contributed by atoms with Crippen molar-refractivity contribution in [3.63, 3.8) is 0 Å². The normalized spacial score (nSPS) is 30.7. The minimum absolute atomic E-state index is 0.342. The maximum absolute atomic E-state index is 12.4. The van der Waals surface area contributed by atoms with Crippen LogP contribution in [0, 0.1) is 0 Å². The molecule has 0 aromatic heterocycles. The molecule has 2 aliphatic heterocycles. The average molecular weight is 266 g/mol.